The second-order valence-corrected chi connectivity index (χ2v) is 2.81. The largest absolute Gasteiger partial charge is 0.412 e. The number of aliphatic hydroxyl groups is 1. The van der Waals surface area contributed by atoms with E-state index in [1.54, 1.807) is 0 Å². The van der Waals surface area contributed by atoms with E-state index in [-0.39, 0.29) is 5.48 Å². The van der Waals surface area contributed by atoms with Gasteiger partial charge in [0.05, 0.1) is 0 Å². The molecule has 1 aromatic carbocycles. The summed E-state index contributed by atoms with van der Waals surface area (Å²) >= 11 is 5.54. The summed E-state index contributed by atoms with van der Waals surface area (Å²) < 4.78 is 0. The zero-order valence-corrected chi connectivity index (χ0v) is 8.59. The smallest absolute Gasteiger partial charge is 0.0430 e. The van der Waals surface area contributed by atoms with Crippen LogP contribution in [0.25, 0.3) is 0 Å². The molecule has 0 saturated carbocycles. The molecule has 0 radical (unpaired) electrons. The summed E-state index contributed by atoms with van der Waals surface area (Å²) in [7, 11) is 0. The highest BCUT2D eigenvalue weighted by Crippen LogP contribution is 2.03. The molecule has 76 valence electrons. The number of benzene rings is 1. The van der Waals surface area contributed by atoms with Crippen molar-refractivity contribution in [2.24, 2.45) is 0 Å². The van der Waals surface area contributed by atoms with Crippen LogP contribution in [0.2, 0.25) is 5.02 Å². The third kappa shape index (κ3) is 11.4. The van der Waals surface area contributed by atoms with E-state index in [2.05, 4.69) is 6.92 Å². The number of hydrogen-bond donors (Lipinski definition) is 1. The molecule has 0 unspecified atom stereocenters. The molecule has 0 atom stereocenters. The fraction of sp³-hybridized carbons (Fsp3) is 0.400. The highest BCUT2D eigenvalue weighted by molar-refractivity contribution is 6.30. The van der Waals surface area contributed by atoms with Gasteiger partial charge in [0.2, 0.25) is 0 Å². The molecule has 3 N–H and O–H groups in total. The molecular formula is C10H17ClO2. The molecule has 0 aromatic heterocycles. The quantitative estimate of drug-likeness (QED) is 0.790. The standard InChI is InChI=1S/C6H5Cl.C4H10O.H2O/c7-6-4-2-1-3-5-6;1-2-3-4-5;/h1-5H;5H,2-4H2,1H3;1H2. The Morgan fingerprint density at radius 3 is 1.92 bits per heavy atom. The average molecular weight is 205 g/mol. The van der Waals surface area contributed by atoms with Crippen LogP contribution < -0.4 is 0 Å². The first-order chi connectivity index (χ1) is 5.81. The highest BCUT2D eigenvalue weighted by atomic mass is 35.5. The van der Waals surface area contributed by atoms with Crippen LogP contribution in [0.5, 0.6) is 0 Å². The van der Waals surface area contributed by atoms with Gasteiger partial charge in [-0.05, 0) is 18.6 Å². The van der Waals surface area contributed by atoms with Crippen LogP contribution in [0.3, 0.4) is 0 Å². The fourth-order valence-corrected chi connectivity index (χ4v) is 0.718. The molecule has 2 nitrogen and oxygen atoms in total. The normalized spacial score (nSPS) is 7.92. The molecule has 0 saturated heterocycles. The highest BCUT2D eigenvalue weighted by Gasteiger charge is 1.74. The Hall–Kier alpha value is -0.570. The van der Waals surface area contributed by atoms with Crippen LogP contribution >= 0.6 is 11.6 Å². The van der Waals surface area contributed by atoms with Crippen LogP contribution in [-0.4, -0.2) is 17.2 Å². The zero-order valence-electron chi connectivity index (χ0n) is 7.83. The van der Waals surface area contributed by atoms with Crippen LogP contribution in [-0.2, 0) is 0 Å². The van der Waals surface area contributed by atoms with Crippen LogP contribution in [0, 0.1) is 0 Å². The van der Waals surface area contributed by atoms with Gasteiger partial charge in [0, 0.05) is 11.6 Å². The Labute approximate surface area is 84.5 Å². The topological polar surface area (TPSA) is 51.7 Å². The zero-order chi connectivity index (χ0) is 9.23. The molecule has 0 aliphatic heterocycles. The summed E-state index contributed by atoms with van der Waals surface area (Å²) in [5.41, 5.74) is 0. The van der Waals surface area contributed by atoms with Crippen molar-refractivity contribution < 1.29 is 10.6 Å². The summed E-state index contributed by atoms with van der Waals surface area (Å²) in [4.78, 5) is 0. The van der Waals surface area contributed by atoms with Gasteiger partial charge in [-0.2, -0.15) is 0 Å². The lowest BCUT2D eigenvalue weighted by atomic mass is 10.4. The van der Waals surface area contributed by atoms with Crippen LogP contribution in [0.1, 0.15) is 19.8 Å². The molecule has 0 aliphatic rings. The molecule has 3 heteroatoms. The Kier molecular flexibility index (Phi) is 13.1. The minimum atomic E-state index is 0. The lowest BCUT2D eigenvalue weighted by Crippen LogP contribution is -1.75. The number of hydrogen-bond acceptors (Lipinski definition) is 1. The van der Waals surface area contributed by atoms with E-state index in [4.69, 9.17) is 16.7 Å². The Morgan fingerprint density at radius 2 is 1.77 bits per heavy atom. The van der Waals surface area contributed by atoms with Crippen LogP contribution in [0.15, 0.2) is 30.3 Å². The van der Waals surface area contributed by atoms with E-state index >= 15 is 0 Å². The van der Waals surface area contributed by atoms with Gasteiger partial charge in [0.15, 0.2) is 0 Å². The van der Waals surface area contributed by atoms with E-state index in [0.717, 1.165) is 17.9 Å². The van der Waals surface area contributed by atoms with Gasteiger partial charge >= 0.3 is 0 Å². The summed E-state index contributed by atoms with van der Waals surface area (Å²) in [5.74, 6) is 0. The van der Waals surface area contributed by atoms with Crippen molar-refractivity contribution in [2.45, 2.75) is 19.8 Å². The molecular weight excluding hydrogens is 188 g/mol. The van der Waals surface area contributed by atoms with E-state index in [9.17, 15) is 0 Å². The Bertz CT molecular complexity index is 176. The van der Waals surface area contributed by atoms with E-state index in [1.165, 1.54) is 0 Å². The Morgan fingerprint density at radius 1 is 1.23 bits per heavy atom. The lowest BCUT2D eigenvalue weighted by molar-refractivity contribution is 0.287. The molecule has 0 aliphatic carbocycles. The predicted octanol–water partition coefficient (Wildman–Crippen LogP) is 2.29. The van der Waals surface area contributed by atoms with Crippen molar-refractivity contribution in [3.05, 3.63) is 35.4 Å². The molecule has 0 amide bonds. The molecule has 13 heavy (non-hydrogen) atoms. The van der Waals surface area contributed by atoms with Gasteiger partial charge in [-0.1, -0.05) is 43.1 Å². The minimum absolute atomic E-state index is 0. The maximum absolute atomic E-state index is 8.07. The molecule has 0 heterocycles. The van der Waals surface area contributed by atoms with E-state index < -0.39 is 0 Å². The third-order valence-corrected chi connectivity index (χ3v) is 1.50. The van der Waals surface area contributed by atoms with E-state index in [0.29, 0.717) is 6.61 Å². The predicted molar refractivity (Wildman–Crippen MR) is 57.1 cm³/mol. The van der Waals surface area contributed by atoms with Gasteiger partial charge in [0.25, 0.3) is 0 Å². The van der Waals surface area contributed by atoms with Gasteiger partial charge in [-0.15, -0.1) is 0 Å². The second kappa shape index (κ2) is 11.4. The second-order valence-electron chi connectivity index (χ2n) is 2.37. The summed E-state index contributed by atoms with van der Waals surface area (Å²) in [6.07, 6.45) is 2.04. The number of unbranched alkanes of at least 4 members (excludes halogenated alkanes) is 1. The van der Waals surface area contributed by atoms with Gasteiger partial charge in [0.1, 0.15) is 0 Å². The number of halogens is 1. The van der Waals surface area contributed by atoms with Crippen molar-refractivity contribution >= 4 is 11.6 Å². The van der Waals surface area contributed by atoms with Crippen molar-refractivity contribution in [2.75, 3.05) is 6.61 Å². The SMILES string of the molecule is CCCCO.Clc1ccccc1.O. The average Bonchev–Trinajstić information content (AvgIpc) is 2.08. The Balaban J connectivity index is 0. The molecule has 1 aromatic rings. The molecule has 1 rings (SSSR count). The number of rotatable bonds is 2. The minimum Gasteiger partial charge on any atom is -0.412 e. The first-order valence-corrected chi connectivity index (χ1v) is 4.50. The first kappa shape index (κ1) is 14.9. The lowest BCUT2D eigenvalue weighted by Gasteiger charge is -1.80. The summed E-state index contributed by atoms with van der Waals surface area (Å²) in [5, 5.41) is 8.86. The maximum Gasteiger partial charge on any atom is 0.0430 e. The van der Waals surface area contributed by atoms with Crippen molar-refractivity contribution in [3.63, 3.8) is 0 Å². The third-order valence-electron chi connectivity index (χ3n) is 1.24. The van der Waals surface area contributed by atoms with Gasteiger partial charge in [-0.25, -0.2) is 0 Å². The van der Waals surface area contributed by atoms with Gasteiger partial charge in [-0.3, -0.25) is 0 Å². The van der Waals surface area contributed by atoms with E-state index in [1.807, 2.05) is 30.3 Å². The summed E-state index contributed by atoms with van der Waals surface area (Å²) in [6.45, 7) is 2.40. The summed E-state index contributed by atoms with van der Waals surface area (Å²) in [6, 6.07) is 9.44. The van der Waals surface area contributed by atoms with Crippen molar-refractivity contribution in [1.82, 2.24) is 0 Å². The first-order valence-electron chi connectivity index (χ1n) is 4.12. The monoisotopic (exact) mass is 204 g/mol. The maximum atomic E-state index is 8.07. The van der Waals surface area contributed by atoms with Crippen LogP contribution in [0.4, 0.5) is 0 Å². The van der Waals surface area contributed by atoms with Crippen molar-refractivity contribution in [1.29, 1.82) is 0 Å². The van der Waals surface area contributed by atoms with Crippen molar-refractivity contribution in [3.8, 4) is 0 Å². The molecule has 0 fully saturated rings. The number of aliphatic hydroxyl groups excluding tert-OH is 1. The molecule has 0 spiro atoms. The van der Waals surface area contributed by atoms with Gasteiger partial charge < -0.3 is 10.6 Å². The fourth-order valence-electron chi connectivity index (χ4n) is 0.573. The molecule has 0 bridgehead atoms.